The number of carbonyl (C=O) groups is 1. The molecule has 0 radical (unpaired) electrons. The van der Waals surface area contributed by atoms with E-state index in [0.29, 0.717) is 27.1 Å². The van der Waals surface area contributed by atoms with E-state index in [2.05, 4.69) is 10.2 Å². The lowest BCUT2D eigenvalue weighted by Gasteiger charge is -2.12. The highest BCUT2D eigenvalue weighted by Crippen LogP contribution is 2.35. The molecule has 1 fully saturated rings. The normalized spacial score (nSPS) is 16.7. The van der Waals surface area contributed by atoms with Gasteiger partial charge in [0.2, 0.25) is 0 Å². The number of methoxy groups -OCH3 is 1. The Labute approximate surface area is 182 Å². The number of amides is 1. The maximum Gasteiger partial charge on any atom is 0.267 e. The molecule has 3 aromatic rings. The molecular weight excluding hydrogens is 417 g/mol. The van der Waals surface area contributed by atoms with Crippen LogP contribution in [-0.4, -0.2) is 29.3 Å². The molecule has 156 valence electrons. The molecule has 2 aromatic carbocycles. The van der Waals surface area contributed by atoms with Crippen molar-refractivity contribution in [1.29, 1.82) is 0 Å². The third-order valence-electron chi connectivity index (χ3n) is 4.45. The molecule has 1 saturated heterocycles. The van der Waals surface area contributed by atoms with E-state index < -0.39 is 5.82 Å². The summed E-state index contributed by atoms with van der Waals surface area (Å²) in [5.74, 6) is 0.639. The van der Waals surface area contributed by atoms with E-state index in [-0.39, 0.29) is 12.5 Å². The summed E-state index contributed by atoms with van der Waals surface area (Å²) in [6.45, 7) is 0.205. The standard InChI is InChI=1S/C23H18FN3O3S/c1-29-20-11-5-3-7-16(20)13-21-22(28)27(15-18-9-6-12-30-18)23(31-21)26-25-14-17-8-2-4-10-19(17)24/h2-14H,15H2,1H3/b21-13-,25-14+,26-23-. The number of halogens is 1. The summed E-state index contributed by atoms with van der Waals surface area (Å²) >= 11 is 1.18. The minimum absolute atomic E-state index is 0.205. The molecule has 6 nitrogen and oxygen atoms in total. The van der Waals surface area contributed by atoms with Crippen molar-refractivity contribution in [2.24, 2.45) is 10.2 Å². The average Bonchev–Trinajstić information content (AvgIpc) is 3.40. The van der Waals surface area contributed by atoms with Gasteiger partial charge in [-0.3, -0.25) is 9.69 Å². The predicted molar refractivity (Wildman–Crippen MR) is 119 cm³/mol. The van der Waals surface area contributed by atoms with Gasteiger partial charge in [0, 0.05) is 11.1 Å². The Morgan fingerprint density at radius 3 is 2.61 bits per heavy atom. The first kappa shape index (κ1) is 20.6. The highest BCUT2D eigenvalue weighted by atomic mass is 32.2. The Hall–Kier alpha value is -3.65. The van der Waals surface area contributed by atoms with Crippen LogP contribution in [-0.2, 0) is 11.3 Å². The van der Waals surface area contributed by atoms with Crippen LogP contribution >= 0.6 is 11.8 Å². The van der Waals surface area contributed by atoms with E-state index in [0.717, 1.165) is 5.56 Å². The third-order valence-corrected chi connectivity index (χ3v) is 5.45. The maximum absolute atomic E-state index is 13.8. The second kappa shape index (κ2) is 9.44. The summed E-state index contributed by atoms with van der Waals surface area (Å²) in [6.07, 6.45) is 4.62. The highest BCUT2D eigenvalue weighted by molar-refractivity contribution is 8.18. The number of thioether (sulfide) groups is 1. The first-order chi connectivity index (χ1) is 15.2. The lowest BCUT2D eigenvalue weighted by Crippen LogP contribution is -2.28. The number of nitrogens with zero attached hydrogens (tertiary/aromatic N) is 3. The fraction of sp³-hybridized carbons (Fsp3) is 0.0870. The number of para-hydroxylation sites is 1. The lowest BCUT2D eigenvalue weighted by molar-refractivity contribution is -0.122. The average molecular weight is 435 g/mol. The van der Waals surface area contributed by atoms with Crippen molar-refractivity contribution in [1.82, 2.24) is 4.90 Å². The van der Waals surface area contributed by atoms with E-state index in [9.17, 15) is 9.18 Å². The fourth-order valence-electron chi connectivity index (χ4n) is 2.93. The Morgan fingerprint density at radius 2 is 1.87 bits per heavy atom. The van der Waals surface area contributed by atoms with Crippen LogP contribution in [0.4, 0.5) is 4.39 Å². The van der Waals surface area contributed by atoms with Crippen LogP contribution in [0.25, 0.3) is 6.08 Å². The van der Waals surface area contributed by atoms with Gasteiger partial charge < -0.3 is 9.15 Å². The van der Waals surface area contributed by atoms with Crippen molar-refractivity contribution in [3.8, 4) is 5.75 Å². The van der Waals surface area contributed by atoms with Gasteiger partial charge in [-0.05, 0) is 42.1 Å². The molecule has 8 heteroatoms. The number of benzene rings is 2. The second-order valence-corrected chi connectivity index (χ2v) is 7.48. The largest absolute Gasteiger partial charge is 0.496 e. The summed E-state index contributed by atoms with van der Waals surface area (Å²) in [4.78, 5) is 15.0. The minimum atomic E-state index is -0.397. The molecule has 1 amide bonds. The fourth-order valence-corrected chi connectivity index (χ4v) is 3.85. The summed E-state index contributed by atoms with van der Waals surface area (Å²) in [7, 11) is 1.58. The van der Waals surface area contributed by atoms with Crippen molar-refractivity contribution in [2.45, 2.75) is 6.54 Å². The Morgan fingerprint density at radius 1 is 1.10 bits per heavy atom. The van der Waals surface area contributed by atoms with Crippen molar-refractivity contribution in [2.75, 3.05) is 7.11 Å². The van der Waals surface area contributed by atoms with Gasteiger partial charge in [0.25, 0.3) is 5.91 Å². The summed E-state index contributed by atoms with van der Waals surface area (Å²) in [5, 5.41) is 8.55. The van der Waals surface area contributed by atoms with Gasteiger partial charge >= 0.3 is 0 Å². The van der Waals surface area contributed by atoms with E-state index in [1.54, 1.807) is 49.8 Å². The first-order valence-corrected chi connectivity index (χ1v) is 10.2. The molecule has 0 atom stereocenters. The molecular formula is C23H18FN3O3S. The molecule has 1 aliphatic heterocycles. The third kappa shape index (κ3) is 4.75. The van der Waals surface area contributed by atoms with Crippen LogP contribution in [0, 0.1) is 5.82 Å². The minimum Gasteiger partial charge on any atom is -0.496 e. The van der Waals surface area contributed by atoms with Gasteiger partial charge in [-0.1, -0.05) is 36.4 Å². The van der Waals surface area contributed by atoms with Crippen molar-refractivity contribution in [3.63, 3.8) is 0 Å². The predicted octanol–water partition coefficient (Wildman–Crippen LogP) is 4.93. The maximum atomic E-state index is 13.8. The number of furan rings is 1. The topological polar surface area (TPSA) is 67.4 Å². The summed E-state index contributed by atoms with van der Waals surface area (Å²) in [5.41, 5.74) is 1.08. The van der Waals surface area contributed by atoms with Gasteiger partial charge in [-0.2, -0.15) is 5.10 Å². The van der Waals surface area contributed by atoms with E-state index in [1.165, 1.54) is 28.9 Å². The molecule has 1 aromatic heterocycles. The second-order valence-electron chi connectivity index (χ2n) is 6.47. The monoisotopic (exact) mass is 435 g/mol. The van der Waals surface area contributed by atoms with Crippen LogP contribution in [0.3, 0.4) is 0 Å². The van der Waals surface area contributed by atoms with Crippen molar-refractivity contribution in [3.05, 3.63) is 94.5 Å². The van der Waals surface area contributed by atoms with Crippen LogP contribution in [0.5, 0.6) is 5.75 Å². The smallest absolute Gasteiger partial charge is 0.267 e. The number of carbonyl (C=O) groups excluding carboxylic acids is 1. The Bertz CT molecular complexity index is 1170. The van der Waals surface area contributed by atoms with E-state index >= 15 is 0 Å². The quantitative estimate of drug-likeness (QED) is 0.313. The van der Waals surface area contributed by atoms with E-state index in [4.69, 9.17) is 9.15 Å². The SMILES string of the molecule is COc1ccccc1/C=C1\S/C(=N\N=C\c2ccccc2F)N(Cc2ccco2)C1=O. The molecule has 0 unspecified atom stereocenters. The Balaban J connectivity index is 1.65. The molecule has 1 aliphatic rings. The number of hydrogen-bond donors (Lipinski definition) is 0. The zero-order valence-corrected chi connectivity index (χ0v) is 17.4. The number of ether oxygens (including phenoxy) is 1. The van der Waals surface area contributed by atoms with Crippen molar-refractivity contribution < 1.29 is 18.3 Å². The number of hydrogen-bond acceptors (Lipinski definition) is 6. The highest BCUT2D eigenvalue weighted by Gasteiger charge is 2.34. The molecule has 0 bridgehead atoms. The van der Waals surface area contributed by atoms with Crippen LogP contribution in [0.1, 0.15) is 16.9 Å². The molecule has 31 heavy (non-hydrogen) atoms. The van der Waals surface area contributed by atoms with Gasteiger partial charge in [-0.25, -0.2) is 4.39 Å². The zero-order chi connectivity index (χ0) is 21.6. The molecule has 0 spiro atoms. The first-order valence-electron chi connectivity index (χ1n) is 9.38. The molecule has 0 N–H and O–H groups in total. The molecule has 0 saturated carbocycles. The van der Waals surface area contributed by atoms with Crippen LogP contribution < -0.4 is 4.74 Å². The number of rotatable bonds is 6. The molecule has 2 heterocycles. The van der Waals surface area contributed by atoms with Gasteiger partial charge in [0.15, 0.2) is 5.17 Å². The lowest BCUT2D eigenvalue weighted by atomic mass is 10.2. The van der Waals surface area contributed by atoms with Gasteiger partial charge in [0.1, 0.15) is 17.3 Å². The zero-order valence-electron chi connectivity index (χ0n) is 16.6. The molecule has 0 aliphatic carbocycles. The van der Waals surface area contributed by atoms with Crippen molar-refractivity contribution >= 4 is 35.1 Å². The summed E-state index contributed by atoms with van der Waals surface area (Å²) < 4.78 is 24.6. The molecule has 4 rings (SSSR count). The Kier molecular flexibility index (Phi) is 6.28. The summed E-state index contributed by atoms with van der Waals surface area (Å²) in [6, 6.07) is 17.2. The van der Waals surface area contributed by atoms with Crippen LogP contribution in [0.15, 0.2) is 86.5 Å². The van der Waals surface area contributed by atoms with Crippen LogP contribution in [0.2, 0.25) is 0 Å². The van der Waals surface area contributed by atoms with Gasteiger partial charge in [-0.15, -0.1) is 5.10 Å². The number of amidine groups is 1. The van der Waals surface area contributed by atoms with Gasteiger partial charge in [0.05, 0.1) is 31.0 Å². The van der Waals surface area contributed by atoms with E-state index in [1.807, 2.05) is 24.3 Å².